The van der Waals surface area contributed by atoms with Gasteiger partial charge in [0.25, 0.3) is 0 Å². The number of aryl methyl sites for hydroxylation is 1. The molecule has 1 aliphatic heterocycles. The lowest BCUT2D eigenvalue weighted by atomic mass is 10.1. The number of rotatable bonds is 5. The van der Waals surface area contributed by atoms with Crippen molar-refractivity contribution >= 4 is 17.4 Å². The quantitative estimate of drug-likeness (QED) is 0.903. The Bertz CT molecular complexity index is 680. The molecule has 0 aromatic heterocycles. The number of amides is 2. The number of likely N-dealkylation sites (tertiary alicyclic amines) is 1. The Morgan fingerprint density at radius 2 is 1.75 bits per heavy atom. The zero-order valence-electron chi connectivity index (χ0n) is 14.4. The van der Waals surface area contributed by atoms with Gasteiger partial charge >= 0.3 is 6.03 Å². The highest BCUT2D eigenvalue weighted by Crippen LogP contribution is 2.24. The van der Waals surface area contributed by atoms with Gasteiger partial charge in [0.2, 0.25) is 0 Å². The third-order valence-corrected chi connectivity index (χ3v) is 4.66. The van der Waals surface area contributed by atoms with Crippen LogP contribution in [0.25, 0.3) is 0 Å². The van der Waals surface area contributed by atoms with Crippen molar-refractivity contribution in [3.05, 3.63) is 60.2 Å². The maximum atomic E-state index is 12.5. The molecule has 0 aliphatic carbocycles. The van der Waals surface area contributed by atoms with Crippen molar-refractivity contribution in [3.8, 4) is 0 Å². The Balaban J connectivity index is 1.58. The number of hydrogen-bond donors (Lipinski definition) is 1. The third-order valence-electron chi connectivity index (χ3n) is 4.66. The van der Waals surface area contributed by atoms with Crippen LogP contribution in [0.4, 0.5) is 16.2 Å². The summed E-state index contributed by atoms with van der Waals surface area (Å²) in [5, 5.41) is 3.05. The summed E-state index contributed by atoms with van der Waals surface area (Å²) in [6, 6.07) is 18.8. The van der Waals surface area contributed by atoms with Crippen molar-refractivity contribution in [2.45, 2.75) is 26.3 Å². The number of nitrogens with one attached hydrogen (secondary N) is 1. The maximum Gasteiger partial charge on any atom is 0.321 e. The molecule has 0 unspecified atom stereocenters. The second-order valence-electron chi connectivity index (χ2n) is 6.12. The van der Waals surface area contributed by atoms with Crippen LogP contribution in [0.15, 0.2) is 54.6 Å². The van der Waals surface area contributed by atoms with Crippen molar-refractivity contribution in [2.24, 2.45) is 0 Å². The minimum Gasteiger partial charge on any atom is -0.365 e. The van der Waals surface area contributed by atoms with Crippen LogP contribution in [0, 0.1) is 0 Å². The number of anilines is 2. The zero-order valence-corrected chi connectivity index (χ0v) is 14.4. The molecule has 1 N–H and O–H groups in total. The fourth-order valence-corrected chi connectivity index (χ4v) is 3.23. The smallest absolute Gasteiger partial charge is 0.321 e. The highest BCUT2D eigenvalue weighted by atomic mass is 16.2. The highest BCUT2D eigenvalue weighted by molar-refractivity contribution is 5.90. The van der Waals surface area contributed by atoms with E-state index in [0.717, 1.165) is 31.7 Å². The molecule has 0 atom stereocenters. The molecule has 0 bridgehead atoms. The minimum atomic E-state index is -0.00346. The summed E-state index contributed by atoms with van der Waals surface area (Å²) in [6.07, 6.45) is 0.913. The van der Waals surface area contributed by atoms with E-state index in [-0.39, 0.29) is 6.03 Å². The summed E-state index contributed by atoms with van der Waals surface area (Å²) < 4.78 is 0. The van der Waals surface area contributed by atoms with Crippen LogP contribution in [0.5, 0.6) is 0 Å². The maximum absolute atomic E-state index is 12.5. The average Bonchev–Trinajstić information content (AvgIpc) is 2.58. The van der Waals surface area contributed by atoms with Gasteiger partial charge in [-0.05, 0) is 37.1 Å². The van der Waals surface area contributed by atoms with Gasteiger partial charge in [0.1, 0.15) is 0 Å². The summed E-state index contributed by atoms with van der Waals surface area (Å²) in [4.78, 5) is 16.7. The molecular formula is C20H25N3O. The number of likely N-dealkylation sites (N-methyl/N-ethyl adjacent to an activating group) is 1. The molecular weight excluding hydrogens is 298 g/mol. The normalized spacial score (nSPS) is 14.2. The fraction of sp³-hybridized carbons (Fsp3) is 0.350. The first kappa shape index (κ1) is 16.4. The molecule has 0 saturated carbocycles. The Morgan fingerprint density at radius 3 is 2.42 bits per heavy atom. The first-order valence-electron chi connectivity index (χ1n) is 8.68. The van der Waals surface area contributed by atoms with Gasteiger partial charge in [-0.3, -0.25) is 0 Å². The molecule has 1 saturated heterocycles. The lowest BCUT2D eigenvalue weighted by Gasteiger charge is -2.46. The standard InChI is InChI=1S/C20H25N3O/c1-3-16-10-8-9-13-19(16)21-20(24)22-14-18(15-22)23(4-2)17-11-6-5-7-12-17/h5-13,18H,3-4,14-15H2,1-2H3,(H,21,24). The van der Waals surface area contributed by atoms with Gasteiger partial charge in [-0.2, -0.15) is 0 Å². The molecule has 24 heavy (non-hydrogen) atoms. The highest BCUT2D eigenvalue weighted by Gasteiger charge is 2.34. The summed E-state index contributed by atoms with van der Waals surface area (Å²) in [5.41, 5.74) is 3.31. The van der Waals surface area contributed by atoms with Gasteiger partial charge in [-0.25, -0.2) is 4.79 Å². The van der Waals surface area contributed by atoms with E-state index < -0.39 is 0 Å². The Morgan fingerprint density at radius 1 is 1.08 bits per heavy atom. The number of carbonyl (C=O) groups excluding carboxylic acids is 1. The van der Waals surface area contributed by atoms with E-state index in [1.165, 1.54) is 11.3 Å². The van der Waals surface area contributed by atoms with Gasteiger partial charge in [-0.1, -0.05) is 43.3 Å². The fourth-order valence-electron chi connectivity index (χ4n) is 3.23. The van der Waals surface area contributed by atoms with Gasteiger partial charge in [0.15, 0.2) is 0 Å². The average molecular weight is 323 g/mol. The molecule has 126 valence electrons. The molecule has 2 aromatic rings. The van der Waals surface area contributed by atoms with Gasteiger partial charge in [0, 0.05) is 31.0 Å². The van der Waals surface area contributed by atoms with E-state index in [9.17, 15) is 4.79 Å². The van der Waals surface area contributed by atoms with Crippen molar-refractivity contribution in [1.29, 1.82) is 0 Å². The largest absolute Gasteiger partial charge is 0.365 e. The first-order chi connectivity index (χ1) is 11.7. The second-order valence-corrected chi connectivity index (χ2v) is 6.12. The Labute approximate surface area is 144 Å². The van der Waals surface area contributed by atoms with Crippen LogP contribution < -0.4 is 10.2 Å². The summed E-state index contributed by atoms with van der Waals surface area (Å²) in [7, 11) is 0. The van der Waals surface area contributed by atoms with Crippen molar-refractivity contribution < 1.29 is 4.79 Å². The molecule has 2 amide bonds. The van der Waals surface area contributed by atoms with E-state index in [1.807, 2.05) is 29.2 Å². The summed E-state index contributed by atoms with van der Waals surface area (Å²) in [5.74, 6) is 0. The van der Waals surface area contributed by atoms with Crippen molar-refractivity contribution in [3.63, 3.8) is 0 Å². The number of benzene rings is 2. The van der Waals surface area contributed by atoms with E-state index in [4.69, 9.17) is 0 Å². The number of para-hydroxylation sites is 2. The van der Waals surface area contributed by atoms with Gasteiger partial charge in [-0.15, -0.1) is 0 Å². The molecule has 3 rings (SSSR count). The molecule has 0 radical (unpaired) electrons. The predicted octanol–water partition coefficient (Wildman–Crippen LogP) is 3.99. The third kappa shape index (κ3) is 3.37. The lowest BCUT2D eigenvalue weighted by molar-refractivity contribution is 0.161. The van der Waals surface area contributed by atoms with Crippen LogP contribution >= 0.6 is 0 Å². The van der Waals surface area contributed by atoms with Gasteiger partial charge in [0.05, 0.1) is 6.04 Å². The second kappa shape index (κ2) is 7.39. The predicted molar refractivity (Wildman–Crippen MR) is 99.7 cm³/mol. The number of carbonyl (C=O) groups is 1. The van der Waals surface area contributed by atoms with Crippen LogP contribution in [-0.2, 0) is 6.42 Å². The lowest BCUT2D eigenvalue weighted by Crippen LogP contribution is -2.62. The SMILES string of the molecule is CCc1ccccc1NC(=O)N1CC(N(CC)c2ccccc2)C1. The minimum absolute atomic E-state index is 0.00346. The molecule has 2 aromatic carbocycles. The summed E-state index contributed by atoms with van der Waals surface area (Å²) in [6.45, 7) is 6.74. The molecule has 1 fully saturated rings. The van der Waals surface area contributed by atoms with Crippen LogP contribution in [0.2, 0.25) is 0 Å². The molecule has 1 heterocycles. The molecule has 4 heteroatoms. The van der Waals surface area contributed by atoms with E-state index >= 15 is 0 Å². The van der Waals surface area contributed by atoms with Crippen LogP contribution in [0.3, 0.4) is 0 Å². The molecule has 1 aliphatic rings. The number of nitrogens with zero attached hydrogens (tertiary/aromatic N) is 2. The number of urea groups is 1. The number of hydrogen-bond acceptors (Lipinski definition) is 2. The summed E-state index contributed by atoms with van der Waals surface area (Å²) >= 11 is 0. The topological polar surface area (TPSA) is 35.6 Å². The Hall–Kier alpha value is -2.49. The van der Waals surface area contributed by atoms with E-state index in [2.05, 4.69) is 54.4 Å². The van der Waals surface area contributed by atoms with Gasteiger partial charge < -0.3 is 15.1 Å². The first-order valence-corrected chi connectivity index (χ1v) is 8.68. The van der Waals surface area contributed by atoms with Crippen LogP contribution in [-0.4, -0.2) is 36.6 Å². The monoisotopic (exact) mass is 323 g/mol. The van der Waals surface area contributed by atoms with Crippen molar-refractivity contribution in [2.75, 3.05) is 29.9 Å². The Kier molecular flexibility index (Phi) is 5.04. The molecule has 4 nitrogen and oxygen atoms in total. The zero-order chi connectivity index (χ0) is 16.9. The van der Waals surface area contributed by atoms with E-state index in [1.54, 1.807) is 0 Å². The van der Waals surface area contributed by atoms with Crippen LogP contribution in [0.1, 0.15) is 19.4 Å². The van der Waals surface area contributed by atoms with Crippen molar-refractivity contribution in [1.82, 2.24) is 4.90 Å². The van der Waals surface area contributed by atoms with E-state index in [0.29, 0.717) is 6.04 Å². The molecule has 0 spiro atoms.